The van der Waals surface area contributed by atoms with Crippen LogP contribution in [0, 0.1) is 11.2 Å². The zero-order valence-electron chi connectivity index (χ0n) is 24.4. The van der Waals surface area contributed by atoms with Gasteiger partial charge in [0.2, 0.25) is 5.91 Å². The highest BCUT2D eigenvalue weighted by Crippen LogP contribution is 2.39. The third-order valence-corrected chi connectivity index (χ3v) is 6.31. The summed E-state index contributed by atoms with van der Waals surface area (Å²) in [7, 11) is 1.22. The number of methoxy groups -OCH3 is 1. The molecular formula is C30H37BrFN3O6. The summed E-state index contributed by atoms with van der Waals surface area (Å²) in [5.41, 5.74) is 1.99. The van der Waals surface area contributed by atoms with Crippen molar-refractivity contribution in [2.24, 2.45) is 0 Å². The van der Waals surface area contributed by atoms with Crippen LogP contribution in [-0.2, 0) is 26.3 Å². The van der Waals surface area contributed by atoms with Gasteiger partial charge in [0.15, 0.2) is 23.1 Å². The number of carbonyl (C=O) groups is 3. The number of benzene rings is 2. The van der Waals surface area contributed by atoms with E-state index in [0.717, 1.165) is 5.56 Å². The number of amidine groups is 1. The van der Waals surface area contributed by atoms with Crippen LogP contribution in [0.25, 0.3) is 6.08 Å². The lowest BCUT2D eigenvalue weighted by atomic mass is 9.82. The summed E-state index contributed by atoms with van der Waals surface area (Å²) in [6.07, 6.45) is 1.52. The Kier molecular flexibility index (Phi) is 11.2. The molecule has 0 saturated heterocycles. The number of fused-ring (bicyclic) bond motifs is 1. The monoisotopic (exact) mass is 633 g/mol. The minimum atomic E-state index is -0.699. The smallest absolute Gasteiger partial charge is 0.354 e. The summed E-state index contributed by atoms with van der Waals surface area (Å²) < 4.78 is 31.2. The van der Waals surface area contributed by atoms with Crippen LogP contribution >= 0.6 is 17.0 Å². The Labute approximate surface area is 250 Å². The van der Waals surface area contributed by atoms with Gasteiger partial charge in [-0.25, -0.2) is 9.18 Å². The SMILES string of the molecule is Br.CCOc1cc2c(c(F)c1OCC)C(=N)N(CC(=O)c1ccc(/C=C(/NC(C)=O)C(=O)OC)c(C(C)(C)C)c1)C2. The molecule has 1 amide bonds. The van der Waals surface area contributed by atoms with E-state index in [0.29, 0.717) is 23.3 Å². The third-order valence-electron chi connectivity index (χ3n) is 6.31. The van der Waals surface area contributed by atoms with Crippen LogP contribution in [-0.4, -0.2) is 55.3 Å². The maximum absolute atomic E-state index is 15.4. The van der Waals surface area contributed by atoms with Crippen LogP contribution in [0.2, 0.25) is 0 Å². The Morgan fingerprint density at radius 1 is 1.12 bits per heavy atom. The number of rotatable bonds is 10. The molecule has 2 aromatic carbocycles. The number of ketones is 1. The van der Waals surface area contributed by atoms with Crippen LogP contribution in [0.1, 0.15) is 74.2 Å². The summed E-state index contributed by atoms with van der Waals surface area (Å²) in [6.45, 7) is 11.3. The zero-order valence-corrected chi connectivity index (χ0v) is 26.1. The van der Waals surface area contributed by atoms with E-state index in [1.54, 1.807) is 38.1 Å². The van der Waals surface area contributed by atoms with Gasteiger partial charge in [-0.15, -0.1) is 17.0 Å². The van der Waals surface area contributed by atoms with E-state index in [1.807, 2.05) is 20.8 Å². The largest absolute Gasteiger partial charge is 0.490 e. The molecule has 41 heavy (non-hydrogen) atoms. The predicted octanol–water partition coefficient (Wildman–Crippen LogP) is 5.17. The number of hydrogen-bond acceptors (Lipinski definition) is 7. The van der Waals surface area contributed by atoms with Crippen molar-refractivity contribution in [3.05, 3.63) is 63.6 Å². The van der Waals surface area contributed by atoms with Crippen molar-refractivity contribution < 1.29 is 33.0 Å². The van der Waals surface area contributed by atoms with Crippen molar-refractivity contribution in [2.45, 2.75) is 53.5 Å². The number of amides is 1. The normalized spacial score (nSPS) is 12.8. The number of esters is 1. The average molecular weight is 635 g/mol. The maximum Gasteiger partial charge on any atom is 0.354 e. The molecule has 0 aliphatic carbocycles. The second-order valence-corrected chi connectivity index (χ2v) is 10.3. The van der Waals surface area contributed by atoms with Crippen molar-refractivity contribution in [3.8, 4) is 11.5 Å². The van der Waals surface area contributed by atoms with Gasteiger partial charge in [-0.2, -0.15) is 0 Å². The Bertz CT molecular complexity index is 1380. The van der Waals surface area contributed by atoms with Crippen LogP contribution in [0.4, 0.5) is 4.39 Å². The topological polar surface area (TPSA) is 118 Å². The Balaban J connectivity index is 0.00000588. The molecule has 0 bridgehead atoms. The van der Waals surface area contributed by atoms with Crippen molar-refractivity contribution in [3.63, 3.8) is 0 Å². The highest BCUT2D eigenvalue weighted by Gasteiger charge is 2.33. The maximum atomic E-state index is 15.4. The van der Waals surface area contributed by atoms with E-state index in [2.05, 4.69) is 5.32 Å². The molecule has 2 aromatic rings. The summed E-state index contributed by atoms with van der Waals surface area (Å²) >= 11 is 0. The molecule has 0 radical (unpaired) electrons. The molecule has 0 fully saturated rings. The standard InChI is InChI=1S/C30H36FN3O6.BrH/c1-8-39-24-14-20-15-34(28(32)25(20)26(31)27(24)40-9-2)16-23(36)19-11-10-18(21(12-19)30(4,5)6)13-22(29(37)38-7)33-17(3)35;/h10-14,32H,8-9,15-16H2,1-7H3,(H,33,35);1H/b22-13+,32-28?;. The van der Waals surface area contributed by atoms with Crippen LogP contribution in [0.3, 0.4) is 0 Å². The number of nitrogens with zero attached hydrogens (tertiary/aromatic N) is 1. The third kappa shape index (κ3) is 7.52. The van der Waals surface area contributed by atoms with E-state index in [9.17, 15) is 14.4 Å². The molecule has 0 unspecified atom stereocenters. The molecule has 0 saturated carbocycles. The average Bonchev–Trinajstić information content (AvgIpc) is 3.19. The lowest BCUT2D eigenvalue weighted by molar-refractivity contribution is -0.137. The first kappa shape index (κ1) is 33.5. The summed E-state index contributed by atoms with van der Waals surface area (Å²) in [6, 6.07) is 6.73. The Morgan fingerprint density at radius 2 is 1.78 bits per heavy atom. The Hall–Kier alpha value is -3.73. The molecule has 1 aliphatic rings. The molecule has 1 aliphatic heterocycles. The predicted molar refractivity (Wildman–Crippen MR) is 160 cm³/mol. The first-order valence-electron chi connectivity index (χ1n) is 13.0. The molecule has 11 heteroatoms. The van der Waals surface area contributed by atoms with Gasteiger partial charge in [-0.3, -0.25) is 15.0 Å². The van der Waals surface area contributed by atoms with Gasteiger partial charge in [0, 0.05) is 19.0 Å². The number of Topliss-reactive ketones (excluding diaryl/α,β-unsaturated/α-hetero) is 1. The van der Waals surface area contributed by atoms with Gasteiger partial charge < -0.3 is 24.4 Å². The summed E-state index contributed by atoms with van der Waals surface area (Å²) in [5, 5.41) is 11.1. The highest BCUT2D eigenvalue weighted by atomic mass is 79.9. The molecule has 0 aromatic heterocycles. The molecule has 2 N–H and O–H groups in total. The number of carbonyl (C=O) groups excluding carboxylic acids is 3. The summed E-state index contributed by atoms with van der Waals surface area (Å²) in [4.78, 5) is 38.8. The minimum absolute atomic E-state index is 0. The van der Waals surface area contributed by atoms with E-state index < -0.39 is 23.1 Å². The number of hydrogen-bond donors (Lipinski definition) is 2. The van der Waals surface area contributed by atoms with Crippen LogP contribution < -0.4 is 14.8 Å². The first-order chi connectivity index (χ1) is 18.8. The molecule has 9 nitrogen and oxygen atoms in total. The highest BCUT2D eigenvalue weighted by molar-refractivity contribution is 8.93. The number of nitrogens with one attached hydrogen (secondary N) is 2. The Morgan fingerprint density at radius 3 is 2.34 bits per heavy atom. The zero-order chi connectivity index (χ0) is 29.8. The van der Waals surface area contributed by atoms with Crippen molar-refractivity contribution >= 4 is 46.6 Å². The van der Waals surface area contributed by atoms with Gasteiger partial charge in [0.05, 0.1) is 32.4 Å². The summed E-state index contributed by atoms with van der Waals surface area (Å²) in [5.74, 6) is -1.92. The second-order valence-electron chi connectivity index (χ2n) is 10.3. The first-order valence-corrected chi connectivity index (χ1v) is 13.0. The van der Waals surface area contributed by atoms with Crippen LogP contribution in [0.15, 0.2) is 30.0 Å². The molecule has 3 rings (SSSR count). The molecule has 222 valence electrons. The van der Waals surface area contributed by atoms with Crippen molar-refractivity contribution in [1.82, 2.24) is 10.2 Å². The fourth-order valence-electron chi connectivity index (χ4n) is 4.53. The van der Waals surface area contributed by atoms with Crippen molar-refractivity contribution in [2.75, 3.05) is 26.9 Å². The van der Waals surface area contributed by atoms with Gasteiger partial charge in [0.25, 0.3) is 0 Å². The van der Waals surface area contributed by atoms with E-state index in [1.165, 1.54) is 25.0 Å². The second kappa shape index (κ2) is 13.8. The minimum Gasteiger partial charge on any atom is -0.490 e. The number of ether oxygens (including phenoxy) is 3. The lowest BCUT2D eigenvalue weighted by Gasteiger charge is -2.24. The lowest BCUT2D eigenvalue weighted by Crippen LogP contribution is -2.30. The van der Waals surface area contributed by atoms with Crippen LogP contribution in [0.5, 0.6) is 11.5 Å². The molecule has 0 spiro atoms. The fourth-order valence-corrected chi connectivity index (χ4v) is 4.53. The van der Waals surface area contributed by atoms with E-state index in [-0.39, 0.29) is 71.1 Å². The number of halogens is 2. The van der Waals surface area contributed by atoms with Crippen molar-refractivity contribution in [1.29, 1.82) is 5.41 Å². The fraction of sp³-hybridized carbons (Fsp3) is 0.400. The van der Waals surface area contributed by atoms with Gasteiger partial charge in [-0.1, -0.05) is 32.9 Å². The molecule has 0 atom stereocenters. The molecule has 1 heterocycles. The molecular weight excluding hydrogens is 597 g/mol. The van der Waals surface area contributed by atoms with Gasteiger partial charge >= 0.3 is 5.97 Å². The van der Waals surface area contributed by atoms with Gasteiger partial charge in [0.1, 0.15) is 11.5 Å². The van der Waals surface area contributed by atoms with Gasteiger partial charge in [-0.05, 0) is 54.2 Å². The quantitative estimate of drug-likeness (QED) is 0.210. The van der Waals surface area contributed by atoms with E-state index in [4.69, 9.17) is 19.6 Å². The van der Waals surface area contributed by atoms with E-state index >= 15 is 4.39 Å².